The summed E-state index contributed by atoms with van der Waals surface area (Å²) in [5, 5.41) is -1.31. The first-order valence-corrected chi connectivity index (χ1v) is 9.00. The van der Waals surface area contributed by atoms with Crippen molar-refractivity contribution in [1.29, 1.82) is 0 Å². The summed E-state index contributed by atoms with van der Waals surface area (Å²) < 4.78 is 58.5. The smallest absolute Gasteiger partial charge is 0.277 e. The molecule has 86 valence electrons. The molecule has 0 fully saturated rings. The summed E-state index contributed by atoms with van der Waals surface area (Å²) >= 11 is 0. The third kappa shape index (κ3) is 7.88. The van der Waals surface area contributed by atoms with Crippen molar-refractivity contribution in [1.82, 2.24) is 0 Å². The average molecular weight is 282 g/mol. The first-order chi connectivity index (χ1) is 6.01. The summed E-state index contributed by atoms with van der Waals surface area (Å²) in [5.41, 5.74) is 0. The molecule has 0 aliphatic carbocycles. The van der Waals surface area contributed by atoms with Gasteiger partial charge >= 0.3 is 18.3 Å². The molecule has 2 atom stereocenters. The standard InChI is InChI=1S/C4H10O6S4/c1-3(11-13(5,6)7)4(2)12-14(8,9)10/h3-4H,1-2H3,(H,5,6,7)(H,8,9,10). The molecule has 2 N–H and O–H groups in total. The lowest BCUT2D eigenvalue weighted by Crippen LogP contribution is -2.17. The maximum absolute atomic E-state index is 10.4. The fourth-order valence-electron chi connectivity index (χ4n) is 0.540. The first-order valence-electron chi connectivity index (χ1n) is 3.32. The van der Waals surface area contributed by atoms with E-state index in [0.717, 1.165) is 0 Å². The number of hydrogen-bond donors (Lipinski definition) is 2. The van der Waals surface area contributed by atoms with E-state index in [9.17, 15) is 16.8 Å². The lowest BCUT2D eigenvalue weighted by atomic mass is 10.4. The van der Waals surface area contributed by atoms with Gasteiger partial charge in [-0.2, -0.15) is 16.8 Å². The molecule has 0 aliphatic rings. The van der Waals surface area contributed by atoms with Crippen molar-refractivity contribution in [2.45, 2.75) is 24.3 Å². The third-order valence-corrected chi connectivity index (χ3v) is 6.57. The minimum absolute atomic E-state index is 0.237. The molecular formula is C4H10O6S4. The van der Waals surface area contributed by atoms with E-state index in [1.165, 1.54) is 13.8 Å². The molecule has 0 aliphatic heterocycles. The third-order valence-electron chi connectivity index (χ3n) is 1.21. The van der Waals surface area contributed by atoms with Gasteiger partial charge in [0.15, 0.2) is 0 Å². The topological polar surface area (TPSA) is 109 Å². The highest BCUT2D eigenvalue weighted by Gasteiger charge is 2.24. The van der Waals surface area contributed by atoms with E-state index in [2.05, 4.69) is 0 Å². The predicted molar refractivity (Wildman–Crippen MR) is 57.2 cm³/mol. The predicted octanol–water partition coefficient (Wildman–Crippen LogP) is 0.835. The van der Waals surface area contributed by atoms with Crippen molar-refractivity contribution < 1.29 is 25.9 Å². The van der Waals surface area contributed by atoms with Crippen LogP contribution in [0, 0.1) is 0 Å². The maximum atomic E-state index is 10.4. The van der Waals surface area contributed by atoms with Crippen LogP contribution in [-0.4, -0.2) is 36.4 Å². The Morgan fingerprint density at radius 2 is 1.07 bits per heavy atom. The van der Waals surface area contributed by atoms with E-state index in [4.69, 9.17) is 9.11 Å². The van der Waals surface area contributed by atoms with Crippen LogP contribution in [0.15, 0.2) is 0 Å². The molecule has 0 saturated heterocycles. The van der Waals surface area contributed by atoms with E-state index in [1.807, 2.05) is 0 Å². The zero-order valence-corrected chi connectivity index (χ0v) is 10.6. The molecule has 0 bridgehead atoms. The first kappa shape index (κ1) is 14.5. The van der Waals surface area contributed by atoms with Crippen molar-refractivity contribution in [2.24, 2.45) is 0 Å². The lowest BCUT2D eigenvalue weighted by Gasteiger charge is -2.14. The molecule has 14 heavy (non-hydrogen) atoms. The van der Waals surface area contributed by atoms with E-state index in [1.54, 1.807) is 0 Å². The molecule has 0 rings (SSSR count). The molecular weight excluding hydrogens is 272 g/mol. The van der Waals surface area contributed by atoms with Crippen LogP contribution >= 0.6 is 21.6 Å². The average Bonchev–Trinajstić information content (AvgIpc) is 1.78. The zero-order valence-electron chi connectivity index (χ0n) is 7.32. The number of rotatable bonds is 5. The Bertz CT molecular complexity index is 331. The van der Waals surface area contributed by atoms with Crippen LogP contribution in [0.4, 0.5) is 0 Å². The zero-order chi connectivity index (χ0) is 11.6. The summed E-state index contributed by atoms with van der Waals surface area (Å²) in [6.07, 6.45) is 0. The fourth-order valence-corrected chi connectivity index (χ4v) is 5.68. The molecule has 0 aromatic heterocycles. The summed E-state index contributed by atoms with van der Waals surface area (Å²) in [4.78, 5) is 0. The van der Waals surface area contributed by atoms with Gasteiger partial charge in [0.2, 0.25) is 0 Å². The highest BCUT2D eigenvalue weighted by Crippen LogP contribution is 2.29. The van der Waals surface area contributed by atoms with Crippen LogP contribution in [0.3, 0.4) is 0 Å². The molecule has 0 spiro atoms. The van der Waals surface area contributed by atoms with E-state index >= 15 is 0 Å². The van der Waals surface area contributed by atoms with Gasteiger partial charge in [-0.25, -0.2) is 0 Å². The minimum Gasteiger partial charge on any atom is -0.277 e. The Morgan fingerprint density at radius 3 is 1.21 bits per heavy atom. The molecule has 6 nitrogen and oxygen atoms in total. The Hall–Kier alpha value is 0.520. The van der Waals surface area contributed by atoms with Gasteiger partial charge in [0, 0.05) is 32.1 Å². The molecule has 0 saturated carbocycles. The summed E-state index contributed by atoms with van der Waals surface area (Å²) in [6.45, 7) is 2.86. The SMILES string of the molecule is CC(SS(=O)(=O)O)C(C)SS(=O)(=O)O. The molecule has 0 aromatic carbocycles. The van der Waals surface area contributed by atoms with Crippen molar-refractivity contribution in [3.8, 4) is 0 Å². The van der Waals surface area contributed by atoms with Gasteiger partial charge in [-0.3, -0.25) is 9.11 Å². The Morgan fingerprint density at radius 1 is 0.857 bits per heavy atom. The van der Waals surface area contributed by atoms with Gasteiger partial charge in [-0.15, -0.1) is 0 Å². The van der Waals surface area contributed by atoms with Crippen molar-refractivity contribution in [3.05, 3.63) is 0 Å². The lowest BCUT2D eigenvalue weighted by molar-refractivity contribution is 0.500. The van der Waals surface area contributed by atoms with Crippen molar-refractivity contribution in [3.63, 3.8) is 0 Å². The Labute approximate surface area is 90.1 Å². The Balaban J connectivity index is 4.35. The second kappa shape index (κ2) is 5.03. The van der Waals surface area contributed by atoms with E-state index in [-0.39, 0.29) is 21.6 Å². The van der Waals surface area contributed by atoms with E-state index < -0.39 is 28.8 Å². The maximum Gasteiger partial charge on any atom is 0.320 e. The van der Waals surface area contributed by atoms with Gasteiger partial charge in [-0.1, -0.05) is 13.8 Å². The van der Waals surface area contributed by atoms with E-state index in [0.29, 0.717) is 0 Å². The second-order valence-corrected chi connectivity index (χ2v) is 9.72. The molecule has 2 unspecified atom stereocenters. The Kier molecular flexibility index (Phi) is 5.22. The fraction of sp³-hybridized carbons (Fsp3) is 1.00. The number of hydrogen-bond acceptors (Lipinski definition) is 6. The van der Waals surface area contributed by atoms with Crippen LogP contribution in [0.25, 0.3) is 0 Å². The summed E-state index contributed by atoms with van der Waals surface area (Å²) in [5.74, 6) is 0. The quantitative estimate of drug-likeness (QED) is 0.564. The van der Waals surface area contributed by atoms with Gasteiger partial charge in [0.05, 0.1) is 0 Å². The molecule has 0 radical (unpaired) electrons. The van der Waals surface area contributed by atoms with Crippen molar-refractivity contribution >= 4 is 39.9 Å². The molecule has 10 heteroatoms. The minimum atomic E-state index is -4.20. The van der Waals surface area contributed by atoms with Crippen LogP contribution < -0.4 is 0 Å². The van der Waals surface area contributed by atoms with Gasteiger partial charge < -0.3 is 0 Å². The molecule has 0 amide bonds. The highest BCUT2D eigenvalue weighted by molar-refractivity contribution is 8.72. The largest absolute Gasteiger partial charge is 0.320 e. The van der Waals surface area contributed by atoms with Crippen molar-refractivity contribution in [2.75, 3.05) is 0 Å². The monoisotopic (exact) mass is 282 g/mol. The van der Waals surface area contributed by atoms with Crippen LogP contribution in [-0.2, 0) is 18.3 Å². The highest BCUT2D eigenvalue weighted by atomic mass is 33.2. The second-order valence-electron chi connectivity index (χ2n) is 2.46. The van der Waals surface area contributed by atoms with Crippen LogP contribution in [0.5, 0.6) is 0 Å². The van der Waals surface area contributed by atoms with Gasteiger partial charge in [-0.05, 0) is 0 Å². The van der Waals surface area contributed by atoms with Gasteiger partial charge in [0.25, 0.3) is 0 Å². The summed E-state index contributed by atoms with van der Waals surface area (Å²) in [7, 11) is -7.92. The van der Waals surface area contributed by atoms with Gasteiger partial charge in [0.1, 0.15) is 0 Å². The molecule has 0 heterocycles. The van der Waals surface area contributed by atoms with Crippen LogP contribution in [0.1, 0.15) is 13.8 Å². The van der Waals surface area contributed by atoms with Crippen LogP contribution in [0.2, 0.25) is 0 Å². The summed E-state index contributed by atoms with van der Waals surface area (Å²) in [6, 6.07) is 0. The normalized spacial score (nSPS) is 17.7. The molecule has 0 aromatic rings.